The largest absolute Gasteiger partial charge is 1.00 e. The van der Waals surface area contributed by atoms with E-state index in [-0.39, 0.29) is 34.5 Å². The number of nitrogens with two attached hydrogens (primary N) is 1. The van der Waals surface area contributed by atoms with E-state index < -0.39 is 59.4 Å². The van der Waals surface area contributed by atoms with Crippen LogP contribution >= 0.6 is 11.3 Å². The van der Waals surface area contributed by atoms with Gasteiger partial charge in [0, 0.05) is 27.7 Å². The molecule has 10 nitrogen and oxygen atoms in total. The first-order valence-electron chi connectivity index (χ1n) is 16.6. The van der Waals surface area contributed by atoms with Crippen LogP contribution in [-0.2, 0) is 33.0 Å². The molecule has 17 heteroatoms. The van der Waals surface area contributed by atoms with Crippen LogP contribution in [0.2, 0.25) is 0 Å². The van der Waals surface area contributed by atoms with E-state index in [4.69, 9.17) is 20.5 Å². The minimum absolute atomic E-state index is 0. The third-order valence-corrected chi connectivity index (χ3v) is 9.93. The number of rotatable bonds is 12. The molecule has 2 aromatic heterocycles. The van der Waals surface area contributed by atoms with E-state index in [2.05, 4.69) is 10.1 Å². The van der Waals surface area contributed by atoms with Gasteiger partial charge in [-0.25, -0.2) is 27.9 Å². The standard InChI is InChI=1S/C38H36F5N6O4S.BrH/c1-21(2)32(45)35(50)52-33-22(3)12-26(13-23(33)4)16-48-19-46-49(20-48)18-37(53-36(51)38(41,42)43,29-11-10-28(39)14-30(29)40)24(5)34-47-31(17-54-34)27-8-6-25(15-44)7-9-27;/h6-14,17,19-21,24,32H,16,18,45H2,1-5H3;1H/q+1;/p-1/t24-,32-,37+;/m0./s1. The Labute approximate surface area is 328 Å². The van der Waals surface area contributed by atoms with Crippen molar-refractivity contribution in [3.05, 3.63) is 117 Å². The molecule has 290 valence electrons. The first kappa shape index (κ1) is 42.7. The Bertz CT molecular complexity index is 2200. The van der Waals surface area contributed by atoms with Crippen molar-refractivity contribution in [1.29, 1.82) is 5.26 Å². The van der Waals surface area contributed by atoms with E-state index in [1.54, 1.807) is 60.2 Å². The molecule has 0 unspecified atom stereocenters. The van der Waals surface area contributed by atoms with E-state index in [1.807, 2.05) is 19.9 Å². The first-order chi connectivity index (χ1) is 25.4. The van der Waals surface area contributed by atoms with E-state index in [9.17, 15) is 27.2 Å². The fourth-order valence-electron chi connectivity index (χ4n) is 5.93. The number of carbonyl (C=O) groups is 2. The normalized spacial score (nSPS) is 13.7. The Balaban J connectivity index is 0.00000673. The summed E-state index contributed by atoms with van der Waals surface area (Å²) in [7, 11) is 0. The first-order valence-corrected chi connectivity index (χ1v) is 17.5. The highest BCUT2D eigenvalue weighted by Gasteiger charge is 2.53. The maximum atomic E-state index is 15.7. The molecule has 0 spiro atoms. The quantitative estimate of drug-likeness (QED) is 0.0868. The van der Waals surface area contributed by atoms with Crippen LogP contribution in [0.1, 0.15) is 59.5 Å². The Kier molecular flexibility index (Phi) is 13.3. The molecule has 0 radical (unpaired) electrons. The number of aryl methyl sites for hydroxylation is 2. The van der Waals surface area contributed by atoms with Crippen molar-refractivity contribution >= 4 is 23.3 Å². The van der Waals surface area contributed by atoms with Crippen molar-refractivity contribution < 1.29 is 62.6 Å². The zero-order chi connectivity index (χ0) is 39.5. The maximum Gasteiger partial charge on any atom is 0.490 e. The fourth-order valence-corrected chi connectivity index (χ4v) is 6.90. The third-order valence-electron chi connectivity index (χ3n) is 8.90. The molecule has 0 bridgehead atoms. The van der Waals surface area contributed by atoms with E-state index in [0.717, 1.165) is 29.0 Å². The molecular formula is C38H36BrF5N6O4S. The summed E-state index contributed by atoms with van der Waals surface area (Å²) in [5, 5.41) is 15.3. The van der Waals surface area contributed by atoms with Gasteiger partial charge in [-0.05, 0) is 72.9 Å². The molecule has 2 heterocycles. The SMILES string of the molecule is Cc1cc(C[n+]2cnn(C[C@](OC(=O)C(F)(F)F)(c3ccc(F)cc3F)[C@@H](C)c3nc(-c4ccc(C#N)cc4)cs3)c2)cc(C)c1OC(=O)[C@@H](N)C(C)C.[Br-]. The van der Waals surface area contributed by atoms with Gasteiger partial charge in [0.1, 0.15) is 35.0 Å². The van der Waals surface area contributed by atoms with Crippen LogP contribution in [0.15, 0.2) is 72.6 Å². The van der Waals surface area contributed by atoms with Gasteiger partial charge in [0.25, 0.3) is 6.33 Å². The molecule has 3 aromatic carbocycles. The lowest BCUT2D eigenvalue weighted by Crippen LogP contribution is -3.00. The molecule has 5 rings (SSSR count). The lowest BCUT2D eigenvalue weighted by atomic mass is 9.81. The monoisotopic (exact) mass is 846 g/mol. The van der Waals surface area contributed by atoms with E-state index in [0.29, 0.717) is 39.8 Å². The number of benzene rings is 3. The predicted molar refractivity (Wildman–Crippen MR) is 187 cm³/mol. The molecule has 5 aromatic rings. The molecule has 2 N–H and O–H groups in total. The zero-order valence-corrected chi connectivity index (χ0v) is 32.6. The summed E-state index contributed by atoms with van der Waals surface area (Å²) in [6, 6.07) is 13.5. The smallest absolute Gasteiger partial charge is 0.490 e. The molecule has 0 aliphatic heterocycles. The van der Waals surface area contributed by atoms with Crippen LogP contribution in [0.4, 0.5) is 22.0 Å². The topological polar surface area (TPSA) is 137 Å². The Hall–Kier alpha value is -5.05. The van der Waals surface area contributed by atoms with Crippen molar-refractivity contribution in [2.45, 2.75) is 71.4 Å². The van der Waals surface area contributed by atoms with Gasteiger partial charge in [-0.15, -0.1) is 16.0 Å². The molecule has 0 fully saturated rings. The lowest BCUT2D eigenvalue weighted by molar-refractivity contribution is -0.689. The number of alkyl halides is 3. The average Bonchev–Trinajstić information content (AvgIpc) is 3.78. The van der Waals surface area contributed by atoms with Gasteiger partial charge in [0.05, 0.1) is 29.8 Å². The van der Waals surface area contributed by atoms with Crippen molar-refractivity contribution in [3.8, 4) is 23.1 Å². The van der Waals surface area contributed by atoms with Crippen LogP contribution in [-0.4, -0.2) is 38.9 Å². The van der Waals surface area contributed by atoms with Crippen molar-refractivity contribution in [1.82, 2.24) is 14.8 Å². The molecule has 3 atom stereocenters. The van der Waals surface area contributed by atoms with Gasteiger partial charge in [-0.1, -0.05) is 32.9 Å². The highest BCUT2D eigenvalue weighted by molar-refractivity contribution is 7.10. The predicted octanol–water partition coefficient (Wildman–Crippen LogP) is 3.81. The Morgan fingerprint density at radius 2 is 1.69 bits per heavy atom. The average molecular weight is 848 g/mol. The molecule has 55 heavy (non-hydrogen) atoms. The Morgan fingerprint density at radius 1 is 1.04 bits per heavy atom. The molecule has 0 aliphatic rings. The van der Waals surface area contributed by atoms with Gasteiger partial charge in [-0.2, -0.15) is 18.4 Å². The summed E-state index contributed by atoms with van der Waals surface area (Å²) in [4.78, 5) is 29.8. The number of halogens is 6. The van der Waals surface area contributed by atoms with Gasteiger partial charge < -0.3 is 32.2 Å². The number of thiazole rings is 1. The summed E-state index contributed by atoms with van der Waals surface area (Å²) in [6.45, 7) is 8.14. The summed E-state index contributed by atoms with van der Waals surface area (Å²) >= 11 is 1.04. The Morgan fingerprint density at radius 3 is 2.27 bits per heavy atom. The zero-order valence-electron chi connectivity index (χ0n) is 30.2. The van der Waals surface area contributed by atoms with Crippen LogP contribution < -0.4 is 32.0 Å². The third kappa shape index (κ3) is 9.61. The van der Waals surface area contributed by atoms with Gasteiger partial charge in [-0.3, -0.25) is 0 Å². The number of esters is 2. The minimum atomic E-state index is -5.47. The molecular weight excluding hydrogens is 811 g/mol. The highest BCUT2D eigenvalue weighted by atomic mass is 79.9. The second kappa shape index (κ2) is 17.2. The minimum Gasteiger partial charge on any atom is -1.00 e. The summed E-state index contributed by atoms with van der Waals surface area (Å²) in [5.41, 5.74) is 6.45. The lowest BCUT2D eigenvalue weighted by Gasteiger charge is -2.36. The fraction of sp³-hybridized carbons (Fsp3) is 0.316. The van der Waals surface area contributed by atoms with Crippen molar-refractivity contribution in [3.63, 3.8) is 0 Å². The van der Waals surface area contributed by atoms with Crippen LogP contribution in [0, 0.1) is 42.7 Å². The second-order valence-corrected chi connectivity index (χ2v) is 14.1. The number of hydrogen-bond acceptors (Lipinski definition) is 9. The van der Waals surface area contributed by atoms with E-state index >= 15 is 4.39 Å². The number of hydrogen-bond donors (Lipinski definition) is 1. The summed E-state index contributed by atoms with van der Waals surface area (Å²) < 4.78 is 85.4. The number of carbonyl (C=O) groups excluding carboxylic acids is 2. The van der Waals surface area contributed by atoms with Gasteiger partial charge in [0.15, 0.2) is 5.60 Å². The number of nitriles is 1. The van der Waals surface area contributed by atoms with Crippen molar-refractivity contribution in [2.75, 3.05) is 0 Å². The van der Waals surface area contributed by atoms with Crippen LogP contribution in [0.3, 0.4) is 0 Å². The maximum absolute atomic E-state index is 15.7. The summed E-state index contributed by atoms with van der Waals surface area (Å²) in [5.74, 6) is -6.41. The van der Waals surface area contributed by atoms with Gasteiger partial charge >= 0.3 is 18.1 Å². The second-order valence-electron chi connectivity index (χ2n) is 13.2. The number of nitrogens with zero attached hydrogens (tertiary/aromatic N) is 5. The molecule has 0 saturated heterocycles. The number of aromatic nitrogens is 4. The molecule has 0 amide bonds. The van der Waals surface area contributed by atoms with Crippen LogP contribution in [0.5, 0.6) is 5.75 Å². The number of ether oxygens (including phenoxy) is 2. The van der Waals surface area contributed by atoms with Gasteiger partial charge in [0.2, 0.25) is 6.33 Å². The molecule has 0 saturated carbocycles. The van der Waals surface area contributed by atoms with Crippen molar-refractivity contribution in [2.24, 2.45) is 11.7 Å². The molecule has 0 aliphatic carbocycles. The highest BCUT2D eigenvalue weighted by Crippen LogP contribution is 2.45. The van der Waals surface area contributed by atoms with E-state index in [1.165, 1.54) is 24.3 Å². The summed E-state index contributed by atoms with van der Waals surface area (Å²) in [6.07, 6.45) is -2.65. The van der Waals surface area contributed by atoms with Crippen LogP contribution in [0.25, 0.3) is 11.3 Å².